The van der Waals surface area contributed by atoms with Gasteiger partial charge in [0.1, 0.15) is 9.53 Å². The number of nitrogens with zero attached hydrogens (tertiary/aromatic N) is 2. The van der Waals surface area contributed by atoms with Gasteiger partial charge in [-0.15, -0.1) is 23.7 Å². The summed E-state index contributed by atoms with van der Waals surface area (Å²) in [6.45, 7) is 3.65. The van der Waals surface area contributed by atoms with Crippen LogP contribution < -0.4 is 16.6 Å². The molecular weight excluding hydrogens is 456 g/mol. The van der Waals surface area contributed by atoms with Gasteiger partial charge in [-0.05, 0) is 67.0 Å². The van der Waals surface area contributed by atoms with Gasteiger partial charge in [-0.1, -0.05) is 25.1 Å². The molecular formula is C25H27ClN4O2S. The molecule has 172 valence electrons. The highest BCUT2D eigenvalue weighted by Gasteiger charge is 2.40. The Morgan fingerprint density at radius 3 is 2.94 bits per heavy atom. The predicted octanol–water partition coefficient (Wildman–Crippen LogP) is 3.99. The van der Waals surface area contributed by atoms with Crippen molar-refractivity contribution in [2.24, 2.45) is 5.92 Å². The SMILES string of the molecule is CCc1cccc2c1CC[C@H]1CNC(CCn3c(=O)[nH]c4c(sc5ncccc54)c3=O)[C@@H]21.Cl. The van der Waals surface area contributed by atoms with Crippen molar-refractivity contribution in [1.82, 2.24) is 19.9 Å². The number of nitrogens with one attached hydrogen (secondary N) is 2. The van der Waals surface area contributed by atoms with E-state index in [-0.39, 0.29) is 29.7 Å². The second-order valence-electron chi connectivity index (χ2n) is 9.02. The molecule has 3 aromatic heterocycles. The molecule has 1 saturated heterocycles. The molecule has 0 saturated carbocycles. The number of H-pyrrole nitrogens is 1. The summed E-state index contributed by atoms with van der Waals surface area (Å²) in [4.78, 5) is 34.1. The van der Waals surface area contributed by atoms with Crippen LogP contribution in [0, 0.1) is 5.92 Å². The molecule has 1 aliphatic carbocycles. The fourth-order valence-corrected chi connectivity index (χ4v) is 6.97. The van der Waals surface area contributed by atoms with Gasteiger partial charge in [0.15, 0.2) is 0 Å². The quantitative estimate of drug-likeness (QED) is 0.461. The fraction of sp³-hybridized carbons (Fsp3) is 0.400. The number of aromatic amines is 1. The first-order chi connectivity index (χ1) is 15.7. The number of hydrogen-bond donors (Lipinski definition) is 2. The standard InChI is InChI=1S/C25H26N4O2S.ClH/c1-2-14-5-3-6-17-16(14)9-8-15-13-27-19(20(15)17)10-12-29-24(30)22-21(28-25(29)31)18-7-4-11-26-23(18)32-22;/h3-7,11,15,19-20,27H,2,8-10,12-13H2,1H3,(H,28,31);1H/t15-,19?,20+;/m0./s1. The lowest BCUT2D eigenvalue weighted by Crippen LogP contribution is -2.37. The van der Waals surface area contributed by atoms with Gasteiger partial charge in [0.2, 0.25) is 0 Å². The van der Waals surface area contributed by atoms with Crippen LogP contribution in [0.2, 0.25) is 0 Å². The van der Waals surface area contributed by atoms with Gasteiger partial charge < -0.3 is 10.3 Å². The average Bonchev–Trinajstić information content (AvgIpc) is 3.40. The number of aromatic nitrogens is 3. The van der Waals surface area contributed by atoms with Crippen LogP contribution in [0.3, 0.4) is 0 Å². The largest absolute Gasteiger partial charge is 0.328 e. The smallest absolute Gasteiger partial charge is 0.313 e. The molecule has 8 heteroatoms. The van der Waals surface area contributed by atoms with E-state index in [1.807, 2.05) is 12.1 Å². The van der Waals surface area contributed by atoms with Crippen molar-refractivity contribution in [3.8, 4) is 0 Å². The lowest BCUT2D eigenvalue weighted by atomic mass is 9.72. The molecule has 0 amide bonds. The minimum Gasteiger partial charge on any atom is -0.313 e. The summed E-state index contributed by atoms with van der Waals surface area (Å²) in [5.41, 5.74) is 4.53. The Bertz CT molecular complexity index is 1460. The van der Waals surface area contributed by atoms with Crippen molar-refractivity contribution in [3.05, 3.63) is 74.1 Å². The Morgan fingerprint density at radius 1 is 1.21 bits per heavy atom. The number of hydrogen-bond acceptors (Lipinski definition) is 5. The number of pyridine rings is 1. The summed E-state index contributed by atoms with van der Waals surface area (Å²) in [6, 6.07) is 10.7. The molecule has 1 fully saturated rings. The number of rotatable bonds is 4. The summed E-state index contributed by atoms with van der Waals surface area (Å²) >= 11 is 1.35. The number of fused-ring (bicyclic) bond motifs is 6. The lowest BCUT2D eigenvalue weighted by Gasteiger charge is -2.32. The number of benzene rings is 1. The molecule has 1 aliphatic heterocycles. The van der Waals surface area contributed by atoms with Crippen LogP contribution in [0.5, 0.6) is 0 Å². The van der Waals surface area contributed by atoms with Crippen LogP contribution in [0.15, 0.2) is 46.1 Å². The van der Waals surface area contributed by atoms with Crippen LogP contribution in [0.4, 0.5) is 0 Å². The normalized spacial score (nSPS) is 21.7. The van der Waals surface area contributed by atoms with E-state index in [9.17, 15) is 9.59 Å². The molecule has 4 aromatic rings. The second-order valence-corrected chi connectivity index (χ2v) is 10.0. The van der Waals surface area contributed by atoms with Gasteiger partial charge in [-0.2, -0.15) is 0 Å². The van der Waals surface area contributed by atoms with E-state index in [4.69, 9.17) is 0 Å². The van der Waals surface area contributed by atoms with E-state index in [1.165, 1.54) is 39.0 Å². The zero-order valence-electron chi connectivity index (χ0n) is 18.5. The maximum absolute atomic E-state index is 13.2. The Balaban J connectivity index is 0.00000228. The second kappa shape index (κ2) is 8.70. The molecule has 0 bridgehead atoms. The van der Waals surface area contributed by atoms with Gasteiger partial charge in [-0.3, -0.25) is 9.36 Å². The van der Waals surface area contributed by atoms with Crippen LogP contribution >= 0.6 is 23.7 Å². The summed E-state index contributed by atoms with van der Waals surface area (Å²) < 4.78 is 1.95. The lowest BCUT2D eigenvalue weighted by molar-refractivity contribution is 0.390. The van der Waals surface area contributed by atoms with Crippen LogP contribution in [0.25, 0.3) is 20.4 Å². The molecule has 6 nitrogen and oxygen atoms in total. The fourth-order valence-electron chi connectivity index (χ4n) is 5.92. The van der Waals surface area contributed by atoms with E-state index in [1.54, 1.807) is 6.20 Å². The highest BCUT2D eigenvalue weighted by Crippen LogP contribution is 2.43. The van der Waals surface area contributed by atoms with E-state index in [2.05, 4.69) is 40.4 Å². The topological polar surface area (TPSA) is 79.8 Å². The number of halogens is 1. The predicted molar refractivity (Wildman–Crippen MR) is 136 cm³/mol. The molecule has 2 N–H and O–H groups in total. The molecule has 0 radical (unpaired) electrons. The van der Waals surface area contributed by atoms with Gasteiger partial charge in [0, 0.05) is 30.1 Å². The molecule has 6 rings (SSSR count). The first kappa shape index (κ1) is 22.3. The first-order valence-corrected chi connectivity index (χ1v) is 12.3. The Morgan fingerprint density at radius 2 is 2.09 bits per heavy atom. The first-order valence-electron chi connectivity index (χ1n) is 11.5. The monoisotopic (exact) mass is 482 g/mol. The maximum Gasteiger partial charge on any atom is 0.328 e. The Kier molecular flexibility index (Phi) is 5.89. The van der Waals surface area contributed by atoms with Crippen LogP contribution in [0.1, 0.15) is 42.4 Å². The Labute approximate surface area is 201 Å². The van der Waals surface area contributed by atoms with Crippen molar-refractivity contribution in [2.75, 3.05) is 6.54 Å². The minimum absolute atomic E-state index is 0. The van der Waals surface area contributed by atoms with E-state index >= 15 is 0 Å². The average molecular weight is 483 g/mol. The molecule has 3 atom stereocenters. The molecule has 2 aliphatic rings. The maximum atomic E-state index is 13.2. The van der Waals surface area contributed by atoms with E-state index in [0.717, 1.165) is 36.0 Å². The van der Waals surface area contributed by atoms with Gasteiger partial charge in [-0.25, -0.2) is 9.78 Å². The van der Waals surface area contributed by atoms with Crippen molar-refractivity contribution in [3.63, 3.8) is 0 Å². The molecule has 4 heterocycles. The third-order valence-electron chi connectivity index (χ3n) is 7.44. The molecule has 0 spiro atoms. The summed E-state index contributed by atoms with van der Waals surface area (Å²) in [6.07, 6.45) is 5.90. The summed E-state index contributed by atoms with van der Waals surface area (Å²) in [5.74, 6) is 1.09. The summed E-state index contributed by atoms with van der Waals surface area (Å²) in [5, 5.41) is 4.54. The van der Waals surface area contributed by atoms with E-state index in [0.29, 0.717) is 28.6 Å². The highest BCUT2D eigenvalue weighted by molar-refractivity contribution is 7.25. The van der Waals surface area contributed by atoms with Crippen LogP contribution in [-0.4, -0.2) is 27.1 Å². The van der Waals surface area contributed by atoms with Gasteiger partial charge in [0.05, 0.1) is 5.52 Å². The van der Waals surface area contributed by atoms with E-state index < -0.39 is 0 Å². The molecule has 1 aromatic carbocycles. The third-order valence-corrected chi connectivity index (χ3v) is 8.55. The van der Waals surface area contributed by atoms with Crippen molar-refractivity contribution in [1.29, 1.82) is 0 Å². The van der Waals surface area contributed by atoms with Crippen molar-refractivity contribution < 1.29 is 0 Å². The summed E-state index contributed by atoms with van der Waals surface area (Å²) in [7, 11) is 0. The van der Waals surface area contributed by atoms with Crippen molar-refractivity contribution in [2.45, 2.75) is 51.1 Å². The molecule has 33 heavy (non-hydrogen) atoms. The number of aryl methyl sites for hydroxylation is 1. The third kappa shape index (κ3) is 3.54. The zero-order valence-corrected chi connectivity index (χ0v) is 20.1. The van der Waals surface area contributed by atoms with Crippen LogP contribution in [-0.2, 0) is 19.4 Å². The van der Waals surface area contributed by atoms with Gasteiger partial charge >= 0.3 is 5.69 Å². The molecule has 1 unspecified atom stereocenters. The van der Waals surface area contributed by atoms with Crippen molar-refractivity contribution >= 4 is 44.2 Å². The zero-order chi connectivity index (χ0) is 21.8. The van der Waals surface area contributed by atoms with Gasteiger partial charge in [0.25, 0.3) is 5.56 Å². The minimum atomic E-state index is -0.335. The highest BCUT2D eigenvalue weighted by atomic mass is 35.5. The Hall–Kier alpha value is -2.48. The number of thiophene rings is 1.